The van der Waals surface area contributed by atoms with Crippen LogP contribution in [0.1, 0.15) is 33.6 Å². The minimum Gasteiger partial charge on any atom is -0.465 e. The van der Waals surface area contributed by atoms with Crippen LogP contribution in [-0.4, -0.2) is 49.9 Å². The molecule has 1 unspecified atom stereocenters. The molecule has 0 aromatic carbocycles. The van der Waals surface area contributed by atoms with Crippen molar-refractivity contribution < 1.29 is 14.3 Å². The van der Waals surface area contributed by atoms with Gasteiger partial charge in [-0.3, -0.25) is 4.79 Å². The third-order valence-electron chi connectivity index (χ3n) is 2.29. The Kier molecular flexibility index (Phi) is 11.6. The smallest absolute Gasteiger partial charge is 0.323 e. The fraction of sp³-hybridized carbons (Fsp3) is 0.923. The highest BCUT2D eigenvalue weighted by Crippen LogP contribution is 2.08. The van der Waals surface area contributed by atoms with Gasteiger partial charge in [0.05, 0.1) is 6.61 Å². The van der Waals surface area contributed by atoms with Gasteiger partial charge in [0.2, 0.25) is 0 Å². The molecule has 0 saturated heterocycles. The van der Waals surface area contributed by atoms with Gasteiger partial charge in [-0.2, -0.15) is 11.8 Å². The van der Waals surface area contributed by atoms with Gasteiger partial charge >= 0.3 is 5.97 Å². The van der Waals surface area contributed by atoms with E-state index in [1.807, 2.05) is 32.5 Å². The van der Waals surface area contributed by atoms with Crippen LogP contribution in [0.25, 0.3) is 0 Å². The topological polar surface area (TPSA) is 47.6 Å². The van der Waals surface area contributed by atoms with Gasteiger partial charge in [0.1, 0.15) is 6.04 Å². The summed E-state index contributed by atoms with van der Waals surface area (Å²) in [4.78, 5) is 11.7. The first kappa shape index (κ1) is 17.7. The molecular formula is C13H27NO3S. The zero-order chi connectivity index (χ0) is 13.8. The van der Waals surface area contributed by atoms with Crippen molar-refractivity contribution in [2.75, 3.05) is 31.8 Å². The van der Waals surface area contributed by atoms with Crippen LogP contribution in [0.15, 0.2) is 0 Å². The van der Waals surface area contributed by atoms with Crippen LogP contribution in [0.4, 0.5) is 0 Å². The predicted octanol–water partition coefficient (Wildman–Crippen LogP) is 2.08. The van der Waals surface area contributed by atoms with Crippen LogP contribution < -0.4 is 5.32 Å². The maximum absolute atomic E-state index is 11.7. The van der Waals surface area contributed by atoms with Crippen molar-refractivity contribution in [3.05, 3.63) is 0 Å². The molecule has 108 valence electrons. The molecule has 18 heavy (non-hydrogen) atoms. The summed E-state index contributed by atoms with van der Waals surface area (Å²) in [6.07, 6.45) is 1.87. The van der Waals surface area contributed by atoms with Gasteiger partial charge in [-0.1, -0.05) is 13.8 Å². The molecule has 0 radical (unpaired) electrons. The second-order valence-electron chi connectivity index (χ2n) is 4.37. The van der Waals surface area contributed by atoms with Gasteiger partial charge in [-0.15, -0.1) is 0 Å². The molecule has 0 aromatic heterocycles. The quantitative estimate of drug-likeness (QED) is 0.463. The lowest BCUT2D eigenvalue weighted by Crippen LogP contribution is -2.42. The number of thioether (sulfide) groups is 1. The van der Waals surface area contributed by atoms with Crippen molar-refractivity contribution in [3.63, 3.8) is 0 Å². The normalized spacial score (nSPS) is 12.7. The van der Waals surface area contributed by atoms with Crippen LogP contribution in [0.5, 0.6) is 0 Å². The zero-order valence-corrected chi connectivity index (χ0v) is 12.8. The van der Waals surface area contributed by atoms with Crippen molar-refractivity contribution in [1.29, 1.82) is 0 Å². The molecule has 1 atom stereocenters. The fourth-order valence-electron chi connectivity index (χ4n) is 1.52. The monoisotopic (exact) mass is 277 g/mol. The number of hydrogen-bond acceptors (Lipinski definition) is 5. The molecule has 0 aliphatic rings. The molecule has 0 aromatic rings. The maximum Gasteiger partial charge on any atom is 0.323 e. The summed E-state index contributed by atoms with van der Waals surface area (Å²) in [5.41, 5.74) is 0. The number of rotatable bonds is 11. The van der Waals surface area contributed by atoms with E-state index < -0.39 is 0 Å². The molecule has 5 heteroatoms. The number of methoxy groups -OCH3 is 1. The molecule has 1 N–H and O–H groups in total. The third kappa shape index (κ3) is 9.74. The Hall–Kier alpha value is -0.260. The van der Waals surface area contributed by atoms with Crippen molar-refractivity contribution >= 4 is 17.7 Å². The SMILES string of the molecule is CCOC(=O)C(CCSCCCOC)NC(C)C. The molecule has 0 fully saturated rings. The van der Waals surface area contributed by atoms with Gasteiger partial charge in [0.15, 0.2) is 0 Å². The number of nitrogens with one attached hydrogen (secondary N) is 1. The van der Waals surface area contributed by atoms with E-state index in [1.54, 1.807) is 7.11 Å². The number of carbonyl (C=O) groups excluding carboxylic acids is 1. The van der Waals surface area contributed by atoms with Crippen molar-refractivity contribution in [2.45, 2.75) is 45.7 Å². The Morgan fingerprint density at radius 3 is 2.61 bits per heavy atom. The van der Waals surface area contributed by atoms with Crippen LogP contribution in [-0.2, 0) is 14.3 Å². The lowest BCUT2D eigenvalue weighted by Gasteiger charge is -2.19. The van der Waals surface area contributed by atoms with E-state index >= 15 is 0 Å². The second kappa shape index (κ2) is 11.8. The Morgan fingerprint density at radius 1 is 1.33 bits per heavy atom. The van der Waals surface area contributed by atoms with Gasteiger partial charge in [-0.25, -0.2) is 0 Å². The first-order valence-corrected chi connectivity index (χ1v) is 7.76. The molecule has 4 nitrogen and oxygen atoms in total. The molecule has 0 heterocycles. The Morgan fingerprint density at radius 2 is 2.06 bits per heavy atom. The van der Waals surface area contributed by atoms with E-state index in [0.717, 1.165) is 31.0 Å². The molecule has 0 amide bonds. The highest BCUT2D eigenvalue weighted by atomic mass is 32.2. The zero-order valence-electron chi connectivity index (χ0n) is 12.0. The highest BCUT2D eigenvalue weighted by molar-refractivity contribution is 7.99. The van der Waals surface area contributed by atoms with E-state index in [4.69, 9.17) is 9.47 Å². The van der Waals surface area contributed by atoms with Crippen molar-refractivity contribution in [2.24, 2.45) is 0 Å². The van der Waals surface area contributed by atoms with Gasteiger partial charge in [0, 0.05) is 19.8 Å². The standard InChI is InChI=1S/C13H27NO3S/c1-5-17-13(15)12(14-11(2)3)7-10-18-9-6-8-16-4/h11-12,14H,5-10H2,1-4H3. The molecular weight excluding hydrogens is 250 g/mol. The molecule has 0 saturated carbocycles. The number of esters is 1. The van der Waals surface area contributed by atoms with Gasteiger partial charge in [-0.05, 0) is 31.3 Å². The van der Waals surface area contributed by atoms with E-state index in [1.165, 1.54) is 0 Å². The largest absolute Gasteiger partial charge is 0.465 e. The average Bonchev–Trinajstić information content (AvgIpc) is 2.32. The lowest BCUT2D eigenvalue weighted by atomic mass is 10.2. The fourth-order valence-corrected chi connectivity index (χ4v) is 2.45. The summed E-state index contributed by atoms with van der Waals surface area (Å²) in [5.74, 6) is 1.90. The van der Waals surface area contributed by atoms with E-state index in [9.17, 15) is 4.79 Å². The maximum atomic E-state index is 11.7. The molecule has 0 aliphatic heterocycles. The summed E-state index contributed by atoms with van der Waals surface area (Å²) in [5, 5.41) is 3.25. The summed E-state index contributed by atoms with van der Waals surface area (Å²) in [6, 6.07) is 0.109. The Labute approximate surface area is 115 Å². The summed E-state index contributed by atoms with van der Waals surface area (Å²) in [7, 11) is 1.72. The first-order chi connectivity index (χ1) is 8.61. The van der Waals surface area contributed by atoms with Gasteiger partial charge < -0.3 is 14.8 Å². The second-order valence-corrected chi connectivity index (χ2v) is 5.60. The third-order valence-corrected chi connectivity index (χ3v) is 3.40. The number of hydrogen-bond donors (Lipinski definition) is 1. The van der Waals surface area contributed by atoms with Crippen molar-refractivity contribution in [1.82, 2.24) is 5.32 Å². The van der Waals surface area contributed by atoms with Crippen molar-refractivity contribution in [3.8, 4) is 0 Å². The Balaban J connectivity index is 3.82. The van der Waals surface area contributed by atoms with Crippen LogP contribution in [0.3, 0.4) is 0 Å². The van der Waals surface area contributed by atoms with Crippen LogP contribution in [0, 0.1) is 0 Å². The van der Waals surface area contributed by atoms with Gasteiger partial charge in [0.25, 0.3) is 0 Å². The summed E-state index contributed by atoms with van der Waals surface area (Å²) in [6.45, 7) is 7.16. The summed E-state index contributed by atoms with van der Waals surface area (Å²) < 4.78 is 10.1. The minimum atomic E-state index is -0.181. The van der Waals surface area contributed by atoms with E-state index in [2.05, 4.69) is 5.32 Å². The average molecular weight is 277 g/mol. The molecule has 0 rings (SSSR count). The minimum absolute atomic E-state index is 0.135. The van der Waals surface area contributed by atoms with E-state index in [0.29, 0.717) is 6.61 Å². The van der Waals surface area contributed by atoms with E-state index in [-0.39, 0.29) is 18.1 Å². The van der Waals surface area contributed by atoms with Crippen LogP contribution >= 0.6 is 11.8 Å². The number of ether oxygens (including phenoxy) is 2. The first-order valence-electron chi connectivity index (χ1n) is 6.61. The number of carbonyl (C=O) groups is 1. The summed E-state index contributed by atoms with van der Waals surface area (Å²) >= 11 is 1.86. The molecule has 0 spiro atoms. The predicted molar refractivity (Wildman–Crippen MR) is 77.1 cm³/mol. The lowest BCUT2D eigenvalue weighted by molar-refractivity contribution is -0.145. The Bertz CT molecular complexity index is 212. The highest BCUT2D eigenvalue weighted by Gasteiger charge is 2.19. The van der Waals surface area contributed by atoms with Crippen LogP contribution in [0.2, 0.25) is 0 Å². The molecule has 0 bridgehead atoms. The molecule has 0 aliphatic carbocycles.